The van der Waals surface area contributed by atoms with Gasteiger partial charge in [-0.25, -0.2) is 9.79 Å². The maximum atomic E-state index is 11.5. The minimum absolute atomic E-state index is 0.0145. The van der Waals surface area contributed by atoms with Crippen LogP contribution < -0.4 is 10.6 Å². The van der Waals surface area contributed by atoms with Crippen molar-refractivity contribution in [2.45, 2.75) is 25.8 Å². The zero-order valence-electron chi connectivity index (χ0n) is 10.6. The number of hydrogen-bond acceptors (Lipinski definition) is 5. The Morgan fingerprint density at radius 2 is 1.89 bits per heavy atom. The highest BCUT2D eigenvalue weighted by Gasteiger charge is 2.28. The van der Waals surface area contributed by atoms with Crippen LogP contribution in [-0.2, 0) is 14.3 Å². The lowest BCUT2D eigenvalue weighted by Crippen LogP contribution is -2.41. The summed E-state index contributed by atoms with van der Waals surface area (Å²) in [5.74, 6) is -1.19. The number of rotatable bonds is 2. The lowest BCUT2D eigenvalue weighted by atomic mass is 10.1. The molecule has 2 aliphatic rings. The van der Waals surface area contributed by atoms with Crippen molar-refractivity contribution in [3.05, 3.63) is 0 Å². The first kappa shape index (κ1) is 13.3. The molecule has 0 atom stereocenters. The molecule has 3 amide bonds. The van der Waals surface area contributed by atoms with E-state index in [4.69, 9.17) is 4.74 Å². The van der Waals surface area contributed by atoms with Gasteiger partial charge in [-0.2, -0.15) is 0 Å². The maximum Gasteiger partial charge on any atom is 0.409 e. The van der Waals surface area contributed by atoms with Crippen molar-refractivity contribution < 1.29 is 19.1 Å². The summed E-state index contributed by atoms with van der Waals surface area (Å²) in [6, 6.07) is -0.0145. The van der Waals surface area contributed by atoms with Gasteiger partial charge >= 0.3 is 17.9 Å². The lowest BCUT2D eigenvalue weighted by Gasteiger charge is -2.29. The monoisotopic (exact) mass is 268 g/mol. The van der Waals surface area contributed by atoms with E-state index in [-0.39, 0.29) is 18.1 Å². The van der Waals surface area contributed by atoms with Gasteiger partial charge < -0.3 is 9.64 Å². The number of ether oxygens (including phenoxy) is 1. The van der Waals surface area contributed by atoms with Crippen molar-refractivity contribution in [2.75, 3.05) is 19.7 Å². The van der Waals surface area contributed by atoms with Crippen LogP contribution in [0.3, 0.4) is 0 Å². The second-order valence-electron chi connectivity index (χ2n) is 4.30. The zero-order chi connectivity index (χ0) is 13.8. The summed E-state index contributed by atoms with van der Waals surface area (Å²) in [5.41, 5.74) is 0. The van der Waals surface area contributed by atoms with Crippen molar-refractivity contribution in [2.24, 2.45) is 4.99 Å². The van der Waals surface area contributed by atoms with Gasteiger partial charge in [0, 0.05) is 13.1 Å². The quantitative estimate of drug-likeness (QED) is 0.641. The van der Waals surface area contributed by atoms with E-state index in [1.54, 1.807) is 11.8 Å². The SMILES string of the molecule is CCOC(=O)N1CCC(N=C2NC(=O)C(=O)N2)CC1. The van der Waals surface area contributed by atoms with E-state index in [9.17, 15) is 14.4 Å². The summed E-state index contributed by atoms with van der Waals surface area (Å²) in [6.45, 7) is 3.24. The summed E-state index contributed by atoms with van der Waals surface area (Å²) in [6.07, 6.45) is 1.04. The van der Waals surface area contributed by atoms with Crippen LogP contribution in [-0.4, -0.2) is 54.5 Å². The first-order valence-electron chi connectivity index (χ1n) is 6.22. The molecule has 0 unspecified atom stereocenters. The zero-order valence-corrected chi connectivity index (χ0v) is 10.6. The molecule has 0 radical (unpaired) electrons. The minimum Gasteiger partial charge on any atom is -0.450 e. The highest BCUT2D eigenvalue weighted by Crippen LogP contribution is 2.14. The molecule has 2 N–H and O–H groups in total. The number of nitrogens with one attached hydrogen (secondary N) is 2. The minimum atomic E-state index is -0.692. The average molecular weight is 268 g/mol. The molecule has 104 valence electrons. The van der Waals surface area contributed by atoms with Crippen LogP contribution in [0.15, 0.2) is 4.99 Å². The molecule has 0 aromatic carbocycles. The molecule has 8 nitrogen and oxygen atoms in total. The Balaban J connectivity index is 1.84. The third-order valence-electron chi connectivity index (χ3n) is 2.97. The van der Waals surface area contributed by atoms with E-state index in [1.165, 1.54) is 0 Å². The fourth-order valence-corrected chi connectivity index (χ4v) is 2.00. The van der Waals surface area contributed by atoms with Gasteiger partial charge in [-0.15, -0.1) is 0 Å². The fraction of sp³-hybridized carbons (Fsp3) is 0.636. The highest BCUT2D eigenvalue weighted by atomic mass is 16.6. The standard InChI is InChI=1S/C11H16N4O4/c1-2-19-11(18)15-5-3-7(4-6-15)12-10-13-8(16)9(17)14-10/h7H,2-6H2,1H3,(H2,12,13,14,16,17). The van der Waals surface area contributed by atoms with Crippen molar-refractivity contribution in [1.29, 1.82) is 0 Å². The maximum absolute atomic E-state index is 11.5. The van der Waals surface area contributed by atoms with Crippen LogP contribution >= 0.6 is 0 Å². The number of amides is 3. The molecular formula is C11H16N4O4. The van der Waals surface area contributed by atoms with Crippen molar-refractivity contribution in [1.82, 2.24) is 15.5 Å². The molecule has 0 bridgehead atoms. The molecule has 8 heteroatoms. The van der Waals surface area contributed by atoms with Gasteiger partial charge in [0.15, 0.2) is 0 Å². The lowest BCUT2D eigenvalue weighted by molar-refractivity contribution is -0.135. The van der Waals surface area contributed by atoms with Crippen molar-refractivity contribution in [3.63, 3.8) is 0 Å². The van der Waals surface area contributed by atoms with Gasteiger partial charge in [0.2, 0.25) is 5.96 Å². The van der Waals surface area contributed by atoms with Gasteiger partial charge in [0.05, 0.1) is 12.6 Å². The normalized spacial score (nSPS) is 20.1. The molecule has 2 rings (SSSR count). The van der Waals surface area contributed by atoms with Gasteiger partial charge in [0.1, 0.15) is 0 Å². The second kappa shape index (κ2) is 5.68. The van der Waals surface area contributed by atoms with Crippen LogP contribution in [0.2, 0.25) is 0 Å². The van der Waals surface area contributed by atoms with E-state index in [0.717, 1.165) is 0 Å². The number of likely N-dealkylation sites (tertiary alicyclic amines) is 1. The Bertz CT molecular complexity index is 408. The van der Waals surface area contributed by atoms with Gasteiger partial charge in [-0.1, -0.05) is 0 Å². The molecule has 0 aromatic heterocycles. The summed E-state index contributed by atoms with van der Waals surface area (Å²) in [4.78, 5) is 39.3. The molecule has 2 aliphatic heterocycles. The number of hydrogen-bond donors (Lipinski definition) is 2. The van der Waals surface area contributed by atoms with Crippen LogP contribution in [0.1, 0.15) is 19.8 Å². The number of nitrogens with zero attached hydrogens (tertiary/aromatic N) is 2. The Kier molecular flexibility index (Phi) is 3.98. The van der Waals surface area contributed by atoms with Crippen molar-refractivity contribution >= 4 is 23.9 Å². The van der Waals surface area contributed by atoms with Gasteiger partial charge in [-0.05, 0) is 19.8 Å². The Morgan fingerprint density at radius 1 is 1.32 bits per heavy atom. The number of carbonyl (C=O) groups is 3. The molecule has 0 spiro atoms. The molecule has 19 heavy (non-hydrogen) atoms. The third kappa shape index (κ3) is 3.21. The van der Waals surface area contributed by atoms with Crippen molar-refractivity contribution in [3.8, 4) is 0 Å². The van der Waals surface area contributed by atoms with E-state index in [2.05, 4.69) is 15.6 Å². The first-order chi connectivity index (χ1) is 9.10. The summed E-state index contributed by atoms with van der Waals surface area (Å²) < 4.78 is 4.92. The average Bonchev–Trinajstić information content (AvgIpc) is 2.69. The van der Waals surface area contributed by atoms with Crippen LogP contribution in [0.5, 0.6) is 0 Å². The fourth-order valence-electron chi connectivity index (χ4n) is 2.00. The predicted octanol–water partition coefficient (Wildman–Crippen LogP) is -0.791. The Hall–Kier alpha value is -2.12. The molecule has 0 aromatic rings. The first-order valence-corrected chi connectivity index (χ1v) is 6.22. The van der Waals surface area contributed by atoms with Gasteiger partial charge in [0.25, 0.3) is 0 Å². The topological polar surface area (TPSA) is 100 Å². The number of piperidine rings is 1. The molecule has 2 fully saturated rings. The van der Waals surface area contributed by atoms with E-state index in [0.29, 0.717) is 32.5 Å². The second-order valence-corrected chi connectivity index (χ2v) is 4.30. The summed E-state index contributed by atoms with van der Waals surface area (Å²) in [5, 5.41) is 4.70. The molecular weight excluding hydrogens is 252 g/mol. The number of aliphatic imine (C=N–C) groups is 1. The Labute approximate surface area is 110 Å². The Morgan fingerprint density at radius 3 is 2.42 bits per heavy atom. The largest absolute Gasteiger partial charge is 0.450 e. The van der Waals surface area contributed by atoms with Crippen LogP contribution in [0.4, 0.5) is 4.79 Å². The van der Waals surface area contributed by atoms with Crippen LogP contribution in [0.25, 0.3) is 0 Å². The van der Waals surface area contributed by atoms with E-state index in [1.807, 2.05) is 0 Å². The summed E-state index contributed by atoms with van der Waals surface area (Å²) >= 11 is 0. The molecule has 2 saturated heterocycles. The van der Waals surface area contributed by atoms with Gasteiger partial charge in [-0.3, -0.25) is 20.2 Å². The predicted molar refractivity (Wildman–Crippen MR) is 65.3 cm³/mol. The van der Waals surface area contributed by atoms with Crippen LogP contribution in [0, 0.1) is 0 Å². The highest BCUT2D eigenvalue weighted by molar-refractivity contribution is 6.45. The third-order valence-corrected chi connectivity index (χ3v) is 2.97. The number of guanidine groups is 1. The van der Waals surface area contributed by atoms with E-state index < -0.39 is 11.8 Å². The molecule has 0 saturated carbocycles. The molecule has 2 heterocycles. The number of carbonyl (C=O) groups excluding carboxylic acids is 3. The summed E-state index contributed by atoms with van der Waals surface area (Å²) in [7, 11) is 0. The molecule has 0 aliphatic carbocycles. The smallest absolute Gasteiger partial charge is 0.409 e. The van der Waals surface area contributed by atoms with E-state index >= 15 is 0 Å².